The summed E-state index contributed by atoms with van der Waals surface area (Å²) >= 11 is 32.3. The van der Waals surface area contributed by atoms with E-state index in [-0.39, 0.29) is 0 Å². The predicted molar refractivity (Wildman–Crippen MR) is 231 cm³/mol. The Morgan fingerprint density at radius 1 is 0.372 bits per heavy atom. The summed E-state index contributed by atoms with van der Waals surface area (Å²) in [5.41, 5.74) is 3.44. The van der Waals surface area contributed by atoms with Gasteiger partial charge in [0.25, 0.3) is 0 Å². The summed E-state index contributed by atoms with van der Waals surface area (Å²) in [6.45, 7) is 0. The lowest BCUT2D eigenvalue weighted by molar-refractivity contribution is 0.886. The first-order valence-electron chi connectivity index (χ1n) is 13.5. The Kier molecular flexibility index (Phi) is 12.1. The fraction of sp³-hybridized carbons (Fsp3) is 0.407. The second-order valence-corrected chi connectivity index (χ2v) is 29.5. The Morgan fingerprint density at radius 2 is 0.651 bits per heavy atom. The van der Waals surface area contributed by atoms with E-state index in [0.29, 0.717) is 0 Å². The molecule has 6 aliphatic heterocycles. The molecular weight excluding hydrogens is 837 g/mol. The number of allylic oxidation sites excluding steroid dienone is 2. The molecule has 8 rings (SSSR count). The van der Waals surface area contributed by atoms with Crippen LogP contribution in [0.2, 0.25) is 0 Å². The highest BCUT2D eigenvalue weighted by Gasteiger charge is 2.37. The fourth-order valence-electron chi connectivity index (χ4n) is 4.92. The van der Waals surface area contributed by atoms with Gasteiger partial charge in [-0.2, -0.15) is 0 Å². The molecule has 6 heterocycles. The number of rotatable bonds is 6. The summed E-state index contributed by atoms with van der Waals surface area (Å²) in [5.74, 6) is 0. The second-order valence-electron chi connectivity index (χ2n) is 9.69. The average molecular weight is 862 g/mol. The van der Waals surface area contributed by atoms with E-state index in [4.69, 9.17) is 0 Å². The molecule has 2 aliphatic carbocycles. The van der Waals surface area contributed by atoms with Crippen molar-refractivity contribution in [2.75, 3.05) is 17.6 Å². The first-order valence-corrected chi connectivity index (χ1v) is 27.7. The van der Waals surface area contributed by atoms with E-state index < -0.39 is 0 Å². The molecular formula is C27H24S16. The van der Waals surface area contributed by atoms with E-state index in [9.17, 15) is 0 Å². The number of thioether (sulfide) groups is 16. The lowest BCUT2D eigenvalue weighted by Gasteiger charge is -2.08. The highest BCUT2D eigenvalue weighted by atomic mass is 32.3. The Balaban J connectivity index is 0.853. The van der Waals surface area contributed by atoms with Crippen LogP contribution in [0.5, 0.6) is 0 Å². The third-order valence-electron chi connectivity index (χ3n) is 6.97. The molecule has 0 unspecified atom stereocenters. The van der Waals surface area contributed by atoms with Crippen LogP contribution in [0.3, 0.4) is 0 Å². The van der Waals surface area contributed by atoms with Crippen LogP contribution in [-0.4, -0.2) is 17.6 Å². The van der Waals surface area contributed by atoms with Crippen molar-refractivity contribution in [2.45, 2.75) is 51.4 Å². The monoisotopic (exact) mass is 860 g/mol. The molecule has 0 nitrogen and oxygen atoms in total. The van der Waals surface area contributed by atoms with Crippen molar-refractivity contribution in [3.63, 3.8) is 0 Å². The number of hydrogen-bond acceptors (Lipinski definition) is 16. The van der Waals surface area contributed by atoms with E-state index in [2.05, 4.69) is 59.6 Å². The zero-order valence-corrected chi connectivity index (χ0v) is 36.0. The van der Waals surface area contributed by atoms with Gasteiger partial charge in [-0.3, -0.25) is 0 Å². The van der Waals surface area contributed by atoms with Gasteiger partial charge >= 0.3 is 0 Å². The van der Waals surface area contributed by atoms with Crippen LogP contribution in [0.25, 0.3) is 0 Å². The Morgan fingerprint density at radius 3 is 0.977 bits per heavy atom. The summed E-state index contributed by atoms with van der Waals surface area (Å²) < 4.78 is 21.3. The predicted octanol–water partition coefficient (Wildman–Crippen LogP) is 16.3. The second kappa shape index (κ2) is 15.4. The van der Waals surface area contributed by atoms with Crippen LogP contribution < -0.4 is 0 Å². The molecule has 0 aromatic heterocycles. The van der Waals surface area contributed by atoms with Gasteiger partial charge in [-0.1, -0.05) is 141 Å². The van der Waals surface area contributed by atoms with E-state index in [0.717, 1.165) is 5.08 Å². The molecule has 0 radical (unpaired) electrons. The van der Waals surface area contributed by atoms with Crippen LogP contribution in [0.15, 0.2) is 70.5 Å². The summed E-state index contributed by atoms with van der Waals surface area (Å²) in [5, 5.41) is 1.07. The first-order chi connectivity index (χ1) is 21.1. The molecule has 0 saturated heterocycles. The largest absolute Gasteiger partial charge is 0.121 e. The highest BCUT2D eigenvalue weighted by Crippen LogP contribution is 2.73. The molecule has 8 aliphatic rings. The normalized spacial score (nSPS) is 26.1. The Bertz CT molecular complexity index is 1350. The van der Waals surface area contributed by atoms with Crippen molar-refractivity contribution in [3.8, 4) is 0 Å². The third-order valence-corrected chi connectivity index (χ3v) is 30.5. The topological polar surface area (TPSA) is 0 Å². The van der Waals surface area contributed by atoms with Crippen molar-refractivity contribution in [3.05, 3.63) is 70.5 Å². The van der Waals surface area contributed by atoms with Crippen molar-refractivity contribution < 1.29 is 0 Å². The third kappa shape index (κ3) is 7.46. The molecule has 43 heavy (non-hydrogen) atoms. The maximum absolute atomic E-state index is 2.24. The van der Waals surface area contributed by atoms with Crippen LogP contribution in [0, 0.1) is 0 Å². The number of hydrogen-bond donors (Lipinski definition) is 0. The fourth-order valence-corrected chi connectivity index (χ4v) is 29.9. The molecule has 16 heteroatoms. The van der Waals surface area contributed by atoms with Gasteiger partial charge in [0.2, 0.25) is 0 Å². The molecule has 0 N–H and O–H groups in total. The molecule has 0 atom stereocenters. The Hall–Kier alpha value is 3.52. The van der Waals surface area contributed by atoms with Gasteiger partial charge in [0.1, 0.15) is 0 Å². The standard InChI is InChI=1S/C27H24S16/c1-28-16-18(38-24(36-16)26-40-20-21(41-26)33-14(32-20)12-7-3-4-8-12)30-11-31-19-17(29-2)37-25(39-19)27-42-22-23(43-27)35-15(34-22)13-9-5-6-10-13/h3-11H2,1-2H3. The summed E-state index contributed by atoms with van der Waals surface area (Å²) in [6.07, 6.45) is 15.3. The van der Waals surface area contributed by atoms with Gasteiger partial charge in [0.15, 0.2) is 0 Å². The summed E-state index contributed by atoms with van der Waals surface area (Å²) in [6, 6.07) is 0. The van der Waals surface area contributed by atoms with E-state index >= 15 is 0 Å². The van der Waals surface area contributed by atoms with Crippen molar-refractivity contribution >= 4 is 188 Å². The van der Waals surface area contributed by atoms with Gasteiger partial charge in [-0.15, -0.1) is 47.0 Å². The minimum atomic E-state index is 1.07. The molecule has 2 saturated carbocycles. The van der Waals surface area contributed by atoms with Crippen molar-refractivity contribution in [2.24, 2.45) is 0 Å². The molecule has 0 aromatic carbocycles. The molecule has 0 aromatic rings. The Labute approximate surface area is 323 Å². The van der Waals surface area contributed by atoms with E-state index in [1.165, 1.54) is 102 Å². The average Bonchev–Trinajstić information content (AvgIpc) is 3.84. The quantitative estimate of drug-likeness (QED) is 0.232. The minimum Gasteiger partial charge on any atom is -0.121 e. The van der Waals surface area contributed by atoms with Gasteiger partial charge in [0, 0.05) is 5.08 Å². The first kappa shape index (κ1) is 33.7. The van der Waals surface area contributed by atoms with Gasteiger partial charge < -0.3 is 0 Å². The summed E-state index contributed by atoms with van der Waals surface area (Å²) in [7, 11) is 0. The SMILES string of the molecule is CSC1=C(SCSC2=C(SC)SC(=C3SC4=C(SC(=C5CCCC5)S4)S3)S2)SC(=C2SC3=C(SC(=C4CCCC4)S3)S2)S1. The maximum Gasteiger partial charge on any atom is 0.0718 e. The lowest BCUT2D eigenvalue weighted by atomic mass is 10.3. The smallest absolute Gasteiger partial charge is 0.0718 e. The minimum absolute atomic E-state index is 1.07. The zero-order valence-electron chi connectivity index (χ0n) is 22.9. The van der Waals surface area contributed by atoms with Crippen molar-refractivity contribution in [1.82, 2.24) is 0 Å². The molecule has 0 amide bonds. The van der Waals surface area contributed by atoms with E-state index in [1.807, 2.05) is 141 Å². The molecule has 2 fully saturated rings. The highest BCUT2D eigenvalue weighted by molar-refractivity contribution is 8.51. The molecule has 0 bridgehead atoms. The molecule has 228 valence electrons. The molecule has 0 spiro atoms. The van der Waals surface area contributed by atoms with Gasteiger partial charge in [-0.25, -0.2) is 0 Å². The summed E-state index contributed by atoms with van der Waals surface area (Å²) in [4.78, 5) is 0. The maximum atomic E-state index is 2.24. The van der Waals surface area contributed by atoms with Crippen LogP contribution in [-0.2, 0) is 0 Å². The van der Waals surface area contributed by atoms with Crippen LogP contribution >= 0.6 is 188 Å². The van der Waals surface area contributed by atoms with E-state index in [1.54, 1.807) is 19.6 Å². The van der Waals surface area contributed by atoms with Crippen molar-refractivity contribution in [1.29, 1.82) is 0 Å². The zero-order chi connectivity index (χ0) is 28.9. The lowest BCUT2D eigenvalue weighted by Crippen LogP contribution is -1.77. The van der Waals surface area contributed by atoms with Crippen LogP contribution in [0.4, 0.5) is 0 Å². The van der Waals surface area contributed by atoms with Gasteiger partial charge in [0.05, 0.1) is 59.3 Å². The van der Waals surface area contributed by atoms with Crippen LogP contribution in [0.1, 0.15) is 51.4 Å². The van der Waals surface area contributed by atoms with Gasteiger partial charge in [-0.05, 0) is 75.0 Å².